The van der Waals surface area contributed by atoms with Crippen molar-refractivity contribution >= 4 is 5.69 Å². The minimum atomic E-state index is 0.157. The van der Waals surface area contributed by atoms with E-state index in [1.807, 2.05) is 0 Å². The Kier molecular flexibility index (Phi) is 5.13. The normalized spacial score (nSPS) is 15.0. The van der Waals surface area contributed by atoms with E-state index in [9.17, 15) is 0 Å². The lowest BCUT2D eigenvalue weighted by atomic mass is 9.87. The quantitative estimate of drug-likeness (QED) is 0.696. The summed E-state index contributed by atoms with van der Waals surface area (Å²) in [6, 6.07) is 17.0. The Labute approximate surface area is 166 Å². The van der Waals surface area contributed by atoms with Gasteiger partial charge in [-0.05, 0) is 46.0 Å². The lowest BCUT2D eigenvalue weighted by molar-refractivity contribution is 0.122. The van der Waals surface area contributed by atoms with E-state index in [2.05, 4.69) is 89.6 Å². The van der Waals surface area contributed by atoms with Crippen molar-refractivity contribution in [1.29, 1.82) is 0 Å². The van der Waals surface area contributed by atoms with Crippen molar-refractivity contribution in [1.82, 2.24) is 20.2 Å². The molecule has 146 valence electrons. The molecule has 2 aromatic carbocycles. The smallest absolute Gasteiger partial charge is 0.204 e. The molecule has 0 spiro atoms. The molecule has 0 aliphatic carbocycles. The summed E-state index contributed by atoms with van der Waals surface area (Å²) in [5, 5.41) is 13.0. The Morgan fingerprint density at radius 3 is 2.25 bits per heavy atom. The molecule has 1 saturated heterocycles. The number of nitrogens with zero attached hydrogens (tertiary/aromatic N) is 5. The van der Waals surface area contributed by atoms with Crippen molar-refractivity contribution in [2.24, 2.45) is 0 Å². The molecule has 6 heteroatoms. The summed E-state index contributed by atoms with van der Waals surface area (Å²) in [5.74, 6) is 0.653. The Hall–Kier alpha value is -2.73. The molecule has 4 rings (SSSR count). The summed E-state index contributed by atoms with van der Waals surface area (Å²) < 4.78 is 5.42. The maximum Gasteiger partial charge on any atom is 0.204 e. The number of rotatable bonds is 4. The first kappa shape index (κ1) is 18.6. The highest BCUT2D eigenvalue weighted by Crippen LogP contribution is 2.23. The fourth-order valence-corrected chi connectivity index (χ4v) is 3.34. The van der Waals surface area contributed by atoms with Gasteiger partial charge >= 0.3 is 0 Å². The van der Waals surface area contributed by atoms with E-state index in [4.69, 9.17) is 4.74 Å². The number of anilines is 1. The molecule has 3 aromatic rings. The van der Waals surface area contributed by atoms with Crippen LogP contribution in [0.4, 0.5) is 5.69 Å². The number of hydrogen-bond donors (Lipinski definition) is 0. The Balaban J connectivity index is 1.44. The van der Waals surface area contributed by atoms with E-state index in [0.29, 0.717) is 12.4 Å². The van der Waals surface area contributed by atoms with Gasteiger partial charge in [0.05, 0.1) is 19.8 Å². The first-order chi connectivity index (χ1) is 13.5. The zero-order valence-corrected chi connectivity index (χ0v) is 16.8. The predicted octanol–water partition coefficient (Wildman–Crippen LogP) is 3.52. The van der Waals surface area contributed by atoms with Gasteiger partial charge < -0.3 is 9.64 Å². The molecule has 0 saturated carbocycles. The monoisotopic (exact) mass is 377 g/mol. The molecule has 0 atom stereocenters. The molecule has 1 aromatic heterocycles. The first-order valence-electron chi connectivity index (χ1n) is 9.79. The van der Waals surface area contributed by atoms with Crippen molar-refractivity contribution in [3.63, 3.8) is 0 Å². The molecular weight excluding hydrogens is 350 g/mol. The van der Waals surface area contributed by atoms with Crippen molar-refractivity contribution in [2.75, 3.05) is 31.2 Å². The van der Waals surface area contributed by atoms with E-state index in [1.165, 1.54) is 16.8 Å². The van der Waals surface area contributed by atoms with Gasteiger partial charge in [0, 0.05) is 24.3 Å². The molecular formula is C22H27N5O. The number of ether oxygens (including phenoxy) is 1. The first-order valence-corrected chi connectivity index (χ1v) is 9.79. The summed E-state index contributed by atoms with van der Waals surface area (Å²) in [6.07, 6.45) is 0. The van der Waals surface area contributed by atoms with Crippen LogP contribution in [0, 0.1) is 0 Å². The van der Waals surface area contributed by atoms with Gasteiger partial charge in [-0.15, -0.1) is 10.2 Å². The summed E-state index contributed by atoms with van der Waals surface area (Å²) in [6.45, 7) is 10.7. The van der Waals surface area contributed by atoms with Crippen LogP contribution in [0.3, 0.4) is 0 Å². The molecule has 0 unspecified atom stereocenters. The molecule has 1 aliphatic rings. The van der Waals surface area contributed by atoms with E-state index < -0.39 is 0 Å². The average Bonchev–Trinajstić information content (AvgIpc) is 3.17. The van der Waals surface area contributed by atoms with Gasteiger partial charge in [0.2, 0.25) is 5.82 Å². The van der Waals surface area contributed by atoms with Crippen LogP contribution in [0.1, 0.15) is 31.9 Å². The van der Waals surface area contributed by atoms with Crippen molar-refractivity contribution in [3.8, 4) is 11.4 Å². The molecule has 1 fully saturated rings. The van der Waals surface area contributed by atoms with Crippen LogP contribution in [0.5, 0.6) is 0 Å². The van der Waals surface area contributed by atoms with E-state index in [1.54, 1.807) is 4.80 Å². The largest absolute Gasteiger partial charge is 0.378 e. The van der Waals surface area contributed by atoms with Crippen molar-refractivity contribution in [3.05, 3.63) is 59.7 Å². The number of hydrogen-bond acceptors (Lipinski definition) is 5. The summed E-state index contributed by atoms with van der Waals surface area (Å²) in [7, 11) is 0. The van der Waals surface area contributed by atoms with Gasteiger partial charge in [0.15, 0.2) is 0 Å². The second kappa shape index (κ2) is 7.72. The molecule has 0 amide bonds. The molecule has 1 aliphatic heterocycles. The maximum absolute atomic E-state index is 5.42. The zero-order valence-electron chi connectivity index (χ0n) is 16.8. The molecule has 2 heterocycles. The zero-order chi connectivity index (χ0) is 19.6. The summed E-state index contributed by atoms with van der Waals surface area (Å²) in [4.78, 5) is 3.98. The number of benzene rings is 2. The molecule has 0 N–H and O–H groups in total. The van der Waals surface area contributed by atoms with Crippen LogP contribution >= 0.6 is 0 Å². The minimum Gasteiger partial charge on any atom is -0.378 e. The molecule has 6 nitrogen and oxygen atoms in total. The second-order valence-corrected chi connectivity index (χ2v) is 8.24. The van der Waals surface area contributed by atoms with Gasteiger partial charge in [-0.3, -0.25) is 0 Å². The van der Waals surface area contributed by atoms with Crippen LogP contribution in [-0.4, -0.2) is 46.5 Å². The molecule has 0 bridgehead atoms. The topological polar surface area (TPSA) is 56.1 Å². The molecule has 28 heavy (non-hydrogen) atoms. The number of aromatic nitrogens is 4. The number of tetrazole rings is 1. The highest BCUT2D eigenvalue weighted by molar-refractivity contribution is 5.60. The maximum atomic E-state index is 5.42. The summed E-state index contributed by atoms with van der Waals surface area (Å²) in [5.41, 5.74) is 4.83. The number of morpholine rings is 1. The van der Waals surface area contributed by atoms with Crippen LogP contribution in [0.2, 0.25) is 0 Å². The van der Waals surface area contributed by atoms with Crippen LogP contribution in [0.15, 0.2) is 48.5 Å². The third kappa shape index (κ3) is 4.22. The fraction of sp³-hybridized carbons (Fsp3) is 0.409. The summed E-state index contributed by atoms with van der Waals surface area (Å²) >= 11 is 0. The van der Waals surface area contributed by atoms with E-state index in [-0.39, 0.29) is 5.41 Å². The standard InChI is InChI=1S/C22H27N5O/c1-22(2,3)19-8-4-17(5-9-19)16-27-24-21(23-25-27)18-6-10-20(11-7-18)26-12-14-28-15-13-26/h4-11H,12-16H2,1-3H3. The van der Waals surface area contributed by atoms with E-state index in [0.717, 1.165) is 31.9 Å². The Morgan fingerprint density at radius 2 is 1.61 bits per heavy atom. The van der Waals surface area contributed by atoms with Gasteiger partial charge in [-0.25, -0.2) is 0 Å². The van der Waals surface area contributed by atoms with Gasteiger partial charge in [0.25, 0.3) is 0 Å². The van der Waals surface area contributed by atoms with Crippen molar-refractivity contribution in [2.45, 2.75) is 32.7 Å². The Bertz CT molecular complexity index is 903. The van der Waals surface area contributed by atoms with Gasteiger partial charge in [-0.2, -0.15) is 4.80 Å². The van der Waals surface area contributed by atoms with E-state index >= 15 is 0 Å². The predicted molar refractivity (Wildman–Crippen MR) is 111 cm³/mol. The van der Waals surface area contributed by atoms with Gasteiger partial charge in [-0.1, -0.05) is 45.0 Å². The van der Waals surface area contributed by atoms with Crippen LogP contribution < -0.4 is 4.90 Å². The second-order valence-electron chi connectivity index (χ2n) is 8.24. The highest BCUT2D eigenvalue weighted by Gasteiger charge is 2.14. The van der Waals surface area contributed by atoms with Crippen LogP contribution in [-0.2, 0) is 16.7 Å². The third-order valence-corrected chi connectivity index (χ3v) is 5.10. The molecule has 0 radical (unpaired) electrons. The van der Waals surface area contributed by atoms with Crippen LogP contribution in [0.25, 0.3) is 11.4 Å². The SMILES string of the molecule is CC(C)(C)c1ccc(Cn2nnc(-c3ccc(N4CCOCC4)cc3)n2)cc1. The highest BCUT2D eigenvalue weighted by atomic mass is 16.5. The lowest BCUT2D eigenvalue weighted by Gasteiger charge is -2.28. The fourth-order valence-electron chi connectivity index (χ4n) is 3.34. The minimum absolute atomic E-state index is 0.157. The van der Waals surface area contributed by atoms with Crippen molar-refractivity contribution < 1.29 is 4.74 Å². The Morgan fingerprint density at radius 1 is 0.929 bits per heavy atom. The average molecular weight is 377 g/mol. The third-order valence-electron chi connectivity index (χ3n) is 5.10. The lowest BCUT2D eigenvalue weighted by Crippen LogP contribution is -2.36. The van der Waals surface area contributed by atoms with Gasteiger partial charge in [0.1, 0.15) is 0 Å².